The Hall–Kier alpha value is -1.43. The second kappa shape index (κ2) is 8.60. The first kappa shape index (κ1) is 20.6. The molecule has 0 spiro atoms. The van der Waals surface area contributed by atoms with Gasteiger partial charge in [0.15, 0.2) is 0 Å². The van der Waals surface area contributed by atoms with Crippen molar-refractivity contribution in [2.75, 3.05) is 27.2 Å². The van der Waals surface area contributed by atoms with Gasteiger partial charge in [0, 0.05) is 37.1 Å². The molecule has 24 heavy (non-hydrogen) atoms. The highest BCUT2D eigenvalue weighted by atomic mass is 35.5. The Balaban J connectivity index is 0.00000144. The lowest BCUT2D eigenvalue weighted by molar-refractivity contribution is 0.0798. The van der Waals surface area contributed by atoms with Crippen LogP contribution in [0.15, 0.2) is 24.3 Å². The van der Waals surface area contributed by atoms with Gasteiger partial charge in [0.05, 0.1) is 11.1 Å². The molecule has 1 aliphatic rings. The zero-order chi connectivity index (χ0) is 15.7. The van der Waals surface area contributed by atoms with Crippen LogP contribution in [0.2, 0.25) is 0 Å². The van der Waals surface area contributed by atoms with Gasteiger partial charge in [0.25, 0.3) is 5.91 Å². The number of hydrogen-bond donors (Lipinski definition) is 1. The first-order valence-corrected chi connectivity index (χ1v) is 7.60. The number of aromatic nitrogens is 1. The number of fused-ring (bicyclic) bond motifs is 1. The summed E-state index contributed by atoms with van der Waals surface area (Å²) in [7, 11) is 3.61. The molecular weight excluding hydrogens is 352 g/mol. The molecular formula is C17H22Cl2FN3O. The van der Waals surface area contributed by atoms with Crippen molar-refractivity contribution in [3.05, 3.63) is 41.3 Å². The topological polar surface area (TPSA) is 45.2 Å². The van der Waals surface area contributed by atoms with Crippen molar-refractivity contribution < 1.29 is 9.18 Å². The fraction of sp³-hybridized carbons (Fsp3) is 0.412. The highest BCUT2D eigenvalue weighted by Crippen LogP contribution is 2.40. The molecule has 0 unspecified atom stereocenters. The van der Waals surface area contributed by atoms with Gasteiger partial charge in [-0.3, -0.25) is 9.78 Å². The number of hydrogen-bond acceptors (Lipinski definition) is 3. The summed E-state index contributed by atoms with van der Waals surface area (Å²) in [5.74, 6) is 0.0131. The molecule has 1 aliphatic carbocycles. The Bertz CT molecular complexity index is 722. The van der Waals surface area contributed by atoms with Crippen LogP contribution < -0.4 is 5.32 Å². The van der Waals surface area contributed by atoms with Gasteiger partial charge >= 0.3 is 0 Å². The normalized spacial score (nSPS) is 13.1. The van der Waals surface area contributed by atoms with Crippen LogP contribution in [0.4, 0.5) is 4.39 Å². The predicted octanol–water partition coefficient (Wildman–Crippen LogP) is 3.39. The van der Waals surface area contributed by atoms with E-state index in [9.17, 15) is 9.18 Å². The molecule has 132 valence electrons. The molecule has 0 atom stereocenters. The summed E-state index contributed by atoms with van der Waals surface area (Å²) in [5, 5.41) is 3.61. The van der Waals surface area contributed by atoms with Gasteiger partial charge in [-0.25, -0.2) is 4.39 Å². The average molecular weight is 374 g/mol. The van der Waals surface area contributed by atoms with E-state index in [4.69, 9.17) is 0 Å². The minimum Gasteiger partial charge on any atom is -0.340 e. The van der Waals surface area contributed by atoms with Crippen LogP contribution in [0.3, 0.4) is 0 Å². The molecule has 0 saturated heterocycles. The Labute approximate surface area is 153 Å². The number of pyridine rings is 1. The van der Waals surface area contributed by atoms with Crippen LogP contribution >= 0.6 is 24.8 Å². The molecule has 1 aromatic carbocycles. The molecule has 3 rings (SSSR count). The monoisotopic (exact) mass is 373 g/mol. The maximum absolute atomic E-state index is 13.6. The summed E-state index contributed by atoms with van der Waals surface area (Å²) in [5.41, 5.74) is 2.19. The van der Waals surface area contributed by atoms with Gasteiger partial charge in [0.1, 0.15) is 5.82 Å². The number of benzene rings is 1. The standard InChI is InChI=1S/C17H20FN3O.2ClH/c1-19-7-8-21(2)17(22)14-10-16(11-3-4-11)20-15-6-5-12(18)9-13(14)15;;/h5-6,9-11,19H,3-4,7-8H2,1-2H3;2*1H. The quantitative estimate of drug-likeness (QED) is 0.873. The molecule has 2 aromatic rings. The van der Waals surface area contributed by atoms with Crippen molar-refractivity contribution in [3.8, 4) is 0 Å². The van der Waals surface area contributed by atoms with E-state index in [2.05, 4.69) is 10.3 Å². The first-order chi connectivity index (χ1) is 10.6. The summed E-state index contributed by atoms with van der Waals surface area (Å²) in [6.07, 6.45) is 2.23. The van der Waals surface area contributed by atoms with Gasteiger partial charge < -0.3 is 10.2 Å². The predicted molar refractivity (Wildman–Crippen MR) is 99.1 cm³/mol. The number of amides is 1. The maximum Gasteiger partial charge on any atom is 0.254 e. The lowest BCUT2D eigenvalue weighted by Crippen LogP contribution is -2.33. The summed E-state index contributed by atoms with van der Waals surface area (Å²) < 4.78 is 13.6. The third-order valence-corrected chi connectivity index (χ3v) is 4.06. The molecule has 1 amide bonds. The smallest absolute Gasteiger partial charge is 0.254 e. The Kier molecular flexibility index (Phi) is 7.39. The third-order valence-electron chi connectivity index (χ3n) is 4.06. The number of carbonyl (C=O) groups excluding carboxylic acids is 1. The highest BCUT2D eigenvalue weighted by molar-refractivity contribution is 6.06. The molecule has 1 N–H and O–H groups in total. The van der Waals surface area contributed by atoms with Crippen molar-refractivity contribution in [2.24, 2.45) is 0 Å². The van der Waals surface area contributed by atoms with Crippen LogP contribution in [0.1, 0.15) is 34.8 Å². The van der Waals surface area contributed by atoms with E-state index in [-0.39, 0.29) is 36.5 Å². The van der Waals surface area contributed by atoms with E-state index < -0.39 is 0 Å². The zero-order valence-electron chi connectivity index (χ0n) is 13.7. The third kappa shape index (κ3) is 4.35. The number of carbonyl (C=O) groups is 1. The van der Waals surface area contributed by atoms with Crippen molar-refractivity contribution >= 4 is 41.6 Å². The van der Waals surface area contributed by atoms with E-state index in [1.807, 2.05) is 13.1 Å². The fourth-order valence-electron chi connectivity index (χ4n) is 2.57. The van der Waals surface area contributed by atoms with Crippen LogP contribution in [0, 0.1) is 5.82 Å². The zero-order valence-corrected chi connectivity index (χ0v) is 15.3. The van der Waals surface area contributed by atoms with Gasteiger partial charge in [-0.05, 0) is 44.2 Å². The number of nitrogens with one attached hydrogen (secondary N) is 1. The van der Waals surface area contributed by atoms with Crippen LogP contribution in [0.5, 0.6) is 0 Å². The summed E-state index contributed by atoms with van der Waals surface area (Å²) in [6.45, 7) is 1.32. The fourth-order valence-corrected chi connectivity index (χ4v) is 2.57. The average Bonchev–Trinajstić information content (AvgIpc) is 3.35. The van der Waals surface area contributed by atoms with Crippen LogP contribution in [-0.4, -0.2) is 43.0 Å². The van der Waals surface area contributed by atoms with Gasteiger partial charge in [-0.15, -0.1) is 24.8 Å². The second-order valence-electron chi connectivity index (χ2n) is 5.86. The maximum atomic E-state index is 13.6. The van der Waals surface area contributed by atoms with E-state index in [1.165, 1.54) is 12.1 Å². The van der Waals surface area contributed by atoms with E-state index in [1.54, 1.807) is 18.0 Å². The lowest BCUT2D eigenvalue weighted by atomic mass is 10.0. The molecule has 0 aliphatic heterocycles. The molecule has 1 saturated carbocycles. The molecule has 4 nitrogen and oxygen atoms in total. The van der Waals surface area contributed by atoms with Crippen LogP contribution in [-0.2, 0) is 0 Å². The summed E-state index contributed by atoms with van der Waals surface area (Å²) in [4.78, 5) is 19.0. The molecule has 1 aromatic heterocycles. The van der Waals surface area contributed by atoms with Gasteiger partial charge in [-0.2, -0.15) is 0 Å². The lowest BCUT2D eigenvalue weighted by Gasteiger charge is -2.18. The van der Waals surface area contributed by atoms with E-state index >= 15 is 0 Å². The van der Waals surface area contributed by atoms with E-state index in [0.29, 0.717) is 28.9 Å². The van der Waals surface area contributed by atoms with Gasteiger partial charge in [0.2, 0.25) is 0 Å². The summed E-state index contributed by atoms with van der Waals surface area (Å²) in [6, 6.07) is 6.29. The molecule has 1 heterocycles. The Morgan fingerprint density at radius 2 is 2.04 bits per heavy atom. The number of rotatable bonds is 5. The molecule has 0 bridgehead atoms. The second-order valence-corrected chi connectivity index (χ2v) is 5.86. The van der Waals surface area contributed by atoms with Crippen molar-refractivity contribution in [2.45, 2.75) is 18.8 Å². The van der Waals surface area contributed by atoms with Crippen LogP contribution in [0.25, 0.3) is 10.9 Å². The first-order valence-electron chi connectivity index (χ1n) is 7.60. The largest absolute Gasteiger partial charge is 0.340 e. The molecule has 1 fully saturated rings. The number of nitrogens with zero attached hydrogens (tertiary/aromatic N) is 2. The SMILES string of the molecule is CNCCN(C)C(=O)c1cc(C2CC2)nc2ccc(F)cc12.Cl.Cl. The number of likely N-dealkylation sites (N-methyl/N-ethyl adjacent to an activating group) is 2. The highest BCUT2D eigenvalue weighted by Gasteiger charge is 2.27. The minimum atomic E-state index is -0.347. The molecule has 0 radical (unpaired) electrons. The molecule has 7 heteroatoms. The summed E-state index contributed by atoms with van der Waals surface area (Å²) >= 11 is 0. The van der Waals surface area contributed by atoms with Crippen molar-refractivity contribution in [3.63, 3.8) is 0 Å². The van der Waals surface area contributed by atoms with Crippen molar-refractivity contribution in [1.82, 2.24) is 15.2 Å². The van der Waals surface area contributed by atoms with E-state index in [0.717, 1.165) is 25.1 Å². The minimum absolute atomic E-state index is 0. The Morgan fingerprint density at radius 3 is 2.67 bits per heavy atom. The van der Waals surface area contributed by atoms with Crippen molar-refractivity contribution in [1.29, 1.82) is 0 Å². The number of halogens is 3. The van der Waals surface area contributed by atoms with Gasteiger partial charge in [-0.1, -0.05) is 0 Å². The Morgan fingerprint density at radius 1 is 1.33 bits per heavy atom.